The summed E-state index contributed by atoms with van der Waals surface area (Å²) < 4.78 is 0. The van der Waals surface area contributed by atoms with E-state index in [1.165, 1.54) is 5.56 Å². The van der Waals surface area contributed by atoms with Crippen LogP contribution in [0.5, 0.6) is 0 Å². The van der Waals surface area contributed by atoms with E-state index in [2.05, 4.69) is 30.6 Å². The van der Waals surface area contributed by atoms with Gasteiger partial charge in [-0.2, -0.15) is 11.8 Å². The molecule has 1 aliphatic rings. The summed E-state index contributed by atoms with van der Waals surface area (Å²) in [5.74, 6) is 1.35. The summed E-state index contributed by atoms with van der Waals surface area (Å²) >= 11 is 1.84. The van der Waals surface area contributed by atoms with Gasteiger partial charge < -0.3 is 4.90 Å². The molecule has 1 aliphatic heterocycles. The number of benzene rings is 1. The molecule has 0 aromatic heterocycles. The van der Waals surface area contributed by atoms with Crippen LogP contribution in [0.4, 0.5) is 0 Å². The molecule has 0 aliphatic carbocycles. The second kappa shape index (κ2) is 6.96. The van der Waals surface area contributed by atoms with Gasteiger partial charge in [0.25, 0.3) is 0 Å². The van der Waals surface area contributed by atoms with E-state index in [1.54, 1.807) is 0 Å². The number of rotatable bonds is 6. The maximum atomic E-state index is 12.4. The summed E-state index contributed by atoms with van der Waals surface area (Å²) in [7, 11) is 0. The number of carbonyl (C=O) groups excluding carboxylic acids is 1. The summed E-state index contributed by atoms with van der Waals surface area (Å²) in [5, 5.41) is 3.33. The summed E-state index contributed by atoms with van der Waals surface area (Å²) in [6, 6.07) is 10.5. The van der Waals surface area contributed by atoms with Gasteiger partial charge in [0.2, 0.25) is 5.91 Å². The average Bonchev–Trinajstić information content (AvgIpc) is 2.79. The number of hydrogen-bond acceptors (Lipinski definition) is 3. The van der Waals surface area contributed by atoms with Crippen LogP contribution in [-0.4, -0.2) is 41.6 Å². The number of nitrogens with one attached hydrogen (secondary N) is 1. The third kappa shape index (κ3) is 3.74. The molecule has 0 spiro atoms. The topological polar surface area (TPSA) is 32.3 Å². The molecule has 1 aromatic carbocycles. The molecule has 104 valence electrons. The minimum atomic E-state index is -0.0564. The van der Waals surface area contributed by atoms with Crippen molar-refractivity contribution in [1.29, 1.82) is 0 Å². The zero-order chi connectivity index (χ0) is 13.7. The van der Waals surface area contributed by atoms with Crippen LogP contribution in [0.25, 0.3) is 0 Å². The van der Waals surface area contributed by atoms with Crippen molar-refractivity contribution in [2.24, 2.45) is 0 Å². The van der Waals surface area contributed by atoms with Crippen LogP contribution in [0.15, 0.2) is 30.3 Å². The van der Waals surface area contributed by atoms with Crippen LogP contribution in [-0.2, 0) is 11.2 Å². The van der Waals surface area contributed by atoms with Gasteiger partial charge in [0.05, 0.1) is 12.7 Å². The van der Waals surface area contributed by atoms with Crippen molar-refractivity contribution in [2.45, 2.75) is 31.8 Å². The second-order valence-electron chi connectivity index (χ2n) is 5.04. The highest BCUT2D eigenvalue weighted by atomic mass is 32.2. The Kier molecular flexibility index (Phi) is 5.28. The van der Waals surface area contributed by atoms with Crippen LogP contribution in [0.1, 0.15) is 18.9 Å². The van der Waals surface area contributed by atoms with Crippen LogP contribution in [0, 0.1) is 0 Å². The highest BCUT2D eigenvalue weighted by Crippen LogP contribution is 2.15. The van der Waals surface area contributed by atoms with Gasteiger partial charge in [0.1, 0.15) is 0 Å². The Hall–Kier alpha value is -1.00. The first kappa shape index (κ1) is 14.4. The maximum absolute atomic E-state index is 12.4. The minimum absolute atomic E-state index is 0.0564. The van der Waals surface area contributed by atoms with Gasteiger partial charge in [0.15, 0.2) is 0 Å². The molecule has 0 radical (unpaired) electrons. The lowest BCUT2D eigenvalue weighted by molar-refractivity contribution is -0.130. The molecule has 2 rings (SSSR count). The van der Waals surface area contributed by atoms with E-state index in [1.807, 2.05) is 34.9 Å². The Morgan fingerprint density at radius 3 is 2.84 bits per heavy atom. The Morgan fingerprint density at radius 1 is 1.42 bits per heavy atom. The van der Waals surface area contributed by atoms with Gasteiger partial charge in [-0.25, -0.2) is 0 Å². The summed E-state index contributed by atoms with van der Waals surface area (Å²) in [6.07, 6.45) is 3.95. The van der Waals surface area contributed by atoms with Crippen molar-refractivity contribution >= 4 is 17.7 Å². The Balaban J connectivity index is 1.90. The van der Waals surface area contributed by atoms with Crippen molar-refractivity contribution in [3.05, 3.63) is 35.9 Å². The predicted octanol–water partition coefficient (Wildman–Crippen LogP) is 2.13. The number of thioether (sulfide) groups is 1. The van der Waals surface area contributed by atoms with E-state index in [0.29, 0.717) is 12.7 Å². The number of carbonyl (C=O) groups is 1. The molecule has 1 N–H and O–H groups in total. The molecule has 2 unspecified atom stereocenters. The summed E-state index contributed by atoms with van der Waals surface area (Å²) in [6.45, 7) is 2.83. The first-order valence-corrected chi connectivity index (χ1v) is 8.18. The van der Waals surface area contributed by atoms with Gasteiger partial charge in [-0.05, 0) is 37.3 Å². The molecule has 2 atom stereocenters. The fraction of sp³-hybridized carbons (Fsp3) is 0.533. The van der Waals surface area contributed by atoms with Gasteiger partial charge in [0, 0.05) is 6.04 Å². The zero-order valence-corrected chi connectivity index (χ0v) is 12.5. The lowest BCUT2D eigenvalue weighted by atomic mass is 10.1. The molecule has 1 aromatic rings. The molecular formula is C15H22N2OS. The average molecular weight is 278 g/mol. The fourth-order valence-corrected chi connectivity index (χ4v) is 2.98. The van der Waals surface area contributed by atoms with Crippen molar-refractivity contribution in [3.8, 4) is 0 Å². The smallest absolute Gasteiger partial charge is 0.241 e. The molecule has 0 bridgehead atoms. The fourth-order valence-electron chi connectivity index (χ4n) is 2.40. The normalized spacial score (nSPS) is 20.8. The molecular weight excluding hydrogens is 256 g/mol. The molecule has 1 saturated heterocycles. The molecule has 4 heteroatoms. The largest absolute Gasteiger partial charge is 0.326 e. The minimum Gasteiger partial charge on any atom is -0.326 e. The molecule has 0 saturated carbocycles. The molecule has 1 fully saturated rings. The second-order valence-corrected chi connectivity index (χ2v) is 6.03. The van der Waals surface area contributed by atoms with E-state index in [9.17, 15) is 4.79 Å². The number of amides is 1. The van der Waals surface area contributed by atoms with Crippen LogP contribution >= 0.6 is 11.8 Å². The summed E-state index contributed by atoms with van der Waals surface area (Å²) in [5.41, 5.74) is 1.21. The number of nitrogens with zero attached hydrogens (tertiary/aromatic N) is 1. The monoisotopic (exact) mass is 278 g/mol. The van der Waals surface area contributed by atoms with Crippen molar-refractivity contribution in [1.82, 2.24) is 10.2 Å². The van der Waals surface area contributed by atoms with Crippen molar-refractivity contribution < 1.29 is 4.79 Å². The zero-order valence-electron chi connectivity index (χ0n) is 11.6. The van der Waals surface area contributed by atoms with E-state index >= 15 is 0 Å². The van der Waals surface area contributed by atoms with Gasteiger partial charge >= 0.3 is 0 Å². The van der Waals surface area contributed by atoms with Gasteiger partial charge in [-0.1, -0.05) is 30.3 Å². The Morgan fingerprint density at radius 2 is 2.16 bits per heavy atom. The SMILES string of the molecule is CSCCC(C)N1CNC(Cc2ccccc2)C1=O. The highest BCUT2D eigenvalue weighted by molar-refractivity contribution is 7.98. The van der Waals surface area contributed by atoms with E-state index in [0.717, 1.165) is 18.6 Å². The quantitative estimate of drug-likeness (QED) is 0.865. The Bertz CT molecular complexity index is 410. The number of hydrogen-bond donors (Lipinski definition) is 1. The third-order valence-electron chi connectivity index (χ3n) is 3.64. The van der Waals surface area contributed by atoms with Gasteiger partial charge in [-0.3, -0.25) is 10.1 Å². The lowest BCUT2D eigenvalue weighted by Crippen LogP contribution is -2.37. The first-order chi connectivity index (χ1) is 9.22. The van der Waals surface area contributed by atoms with Crippen LogP contribution in [0.3, 0.4) is 0 Å². The van der Waals surface area contributed by atoms with Crippen molar-refractivity contribution in [3.63, 3.8) is 0 Å². The van der Waals surface area contributed by atoms with Crippen molar-refractivity contribution in [2.75, 3.05) is 18.7 Å². The first-order valence-electron chi connectivity index (χ1n) is 6.79. The molecule has 3 nitrogen and oxygen atoms in total. The standard InChI is InChI=1S/C15H22N2OS/c1-12(8-9-19-2)17-11-16-14(15(17)18)10-13-6-4-3-5-7-13/h3-7,12,14,16H,8-11H2,1-2H3. The molecule has 1 heterocycles. The van der Waals surface area contributed by atoms with Crippen LogP contribution < -0.4 is 5.32 Å². The predicted molar refractivity (Wildman–Crippen MR) is 81.2 cm³/mol. The van der Waals surface area contributed by atoms with E-state index in [4.69, 9.17) is 0 Å². The summed E-state index contributed by atoms with van der Waals surface area (Å²) in [4.78, 5) is 14.3. The molecule has 19 heavy (non-hydrogen) atoms. The molecule has 1 amide bonds. The maximum Gasteiger partial charge on any atom is 0.241 e. The van der Waals surface area contributed by atoms with E-state index in [-0.39, 0.29) is 11.9 Å². The highest BCUT2D eigenvalue weighted by Gasteiger charge is 2.33. The Labute approximate surface area is 119 Å². The van der Waals surface area contributed by atoms with E-state index < -0.39 is 0 Å². The third-order valence-corrected chi connectivity index (χ3v) is 4.29. The van der Waals surface area contributed by atoms with Gasteiger partial charge in [-0.15, -0.1) is 0 Å². The van der Waals surface area contributed by atoms with Crippen LogP contribution in [0.2, 0.25) is 0 Å². The lowest BCUT2D eigenvalue weighted by Gasteiger charge is -2.23.